The Labute approximate surface area is 185 Å². The van der Waals surface area contributed by atoms with E-state index in [0.29, 0.717) is 5.56 Å². The number of halogens is 2. The number of hydrogen-bond donors (Lipinski definition) is 1. The fourth-order valence-corrected chi connectivity index (χ4v) is 4.99. The van der Waals surface area contributed by atoms with E-state index in [2.05, 4.69) is 0 Å². The minimum absolute atomic E-state index is 0.0384. The van der Waals surface area contributed by atoms with Gasteiger partial charge in [0.2, 0.25) is 0 Å². The summed E-state index contributed by atoms with van der Waals surface area (Å²) in [5.74, 6) is -1.97. The van der Waals surface area contributed by atoms with Crippen LogP contribution in [0.25, 0.3) is 5.76 Å². The third-order valence-electron chi connectivity index (χ3n) is 6.03. The number of Topliss-reactive ketones (excluding diaryl/α,β-unsaturated/α-hetero) is 1. The van der Waals surface area contributed by atoms with Crippen LogP contribution in [-0.4, -0.2) is 34.8 Å². The van der Waals surface area contributed by atoms with E-state index in [9.17, 15) is 19.1 Å². The topological polar surface area (TPSA) is 66.8 Å². The zero-order valence-electron chi connectivity index (χ0n) is 17.3. The largest absolute Gasteiger partial charge is 0.507 e. The molecule has 31 heavy (non-hydrogen) atoms. The van der Waals surface area contributed by atoms with Crippen molar-refractivity contribution in [3.8, 4) is 5.75 Å². The van der Waals surface area contributed by atoms with Gasteiger partial charge in [-0.25, -0.2) is 4.39 Å². The minimum atomic E-state index is -0.812. The van der Waals surface area contributed by atoms with Crippen molar-refractivity contribution in [3.05, 3.63) is 69.5 Å². The molecule has 1 saturated carbocycles. The molecule has 1 aliphatic carbocycles. The number of ether oxygens (including phenoxy) is 1. The number of aliphatic hydroxyl groups is 1. The second kappa shape index (κ2) is 8.35. The number of benzene rings is 2. The summed E-state index contributed by atoms with van der Waals surface area (Å²) >= 11 is 6.29. The molecule has 1 unspecified atom stereocenters. The fraction of sp³-hybridized carbons (Fsp3) is 0.333. The number of carbonyl (C=O) groups excluding carboxylic acids is 2. The molecule has 1 saturated heterocycles. The Morgan fingerprint density at radius 2 is 1.81 bits per heavy atom. The van der Waals surface area contributed by atoms with Gasteiger partial charge >= 0.3 is 0 Å². The quantitative estimate of drug-likeness (QED) is 0.402. The summed E-state index contributed by atoms with van der Waals surface area (Å²) < 4.78 is 19.0. The van der Waals surface area contributed by atoms with Crippen molar-refractivity contribution < 1.29 is 23.8 Å². The first kappa shape index (κ1) is 21.4. The lowest BCUT2D eigenvalue weighted by Gasteiger charge is -2.30. The molecule has 4 rings (SSSR count). The standard InChI is InChI=1S/C24H23ClFNO4/c1-13-11-17(23(31-2)18(25)12-13)21(28)19-20(14-7-9-15(26)10-8-14)27(24(30)22(19)29)16-5-3-4-6-16/h7-12,16,20,28H,3-6H2,1-2H3/b21-19+. The predicted octanol–water partition coefficient (Wildman–Crippen LogP) is 5.16. The Morgan fingerprint density at radius 1 is 1.16 bits per heavy atom. The second-order valence-electron chi connectivity index (χ2n) is 8.02. The van der Waals surface area contributed by atoms with Gasteiger partial charge in [0, 0.05) is 6.04 Å². The SMILES string of the molecule is COc1c(Cl)cc(C)cc1/C(O)=C1\C(=O)C(=O)N(C2CCCC2)C1c1ccc(F)cc1. The summed E-state index contributed by atoms with van der Waals surface area (Å²) in [7, 11) is 1.42. The number of aliphatic hydroxyl groups excluding tert-OH is 1. The number of aryl methyl sites for hydroxylation is 1. The van der Waals surface area contributed by atoms with E-state index in [1.54, 1.807) is 36.1 Å². The number of rotatable bonds is 4. The second-order valence-corrected chi connectivity index (χ2v) is 8.43. The summed E-state index contributed by atoms with van der Waals surface area (Å²) in [6.45, 7) is 1.80. The lowest BCUT2D eigenvalue weighted by molar-refractivity contribution is -0.141. The Bertz CT molecular complexity index is 1070. The van der Waals surface area contributed by atoms with Crippen molar-refractivity contribution in [1.82, 2.24) is 4.90 Å². The van der Waals surface area contributed by atoms with Gasteiger partial charge in [-0.15, -0.1) is 0 Å². The number of hydrogen-bond acceptors (Lipinski definition) is 4. The maximum atomic E-state index is 13.6. The Balaban J connectivity index is 1.95. The van der Waals surface area contributed by atoms with Crippen LogP contribution in [0.1, 0.15) is 48.4 Å². The van der Waals surface area contributed by atoms with Gasteiger partial charge in [0.05, 0.1) is 29.3 Å². The van der Waals surface area contributed by atoms with E-state index < -0.39 is 23.5 Å². The van der Waals surface area contributed by atoms with Gasteiger partial charge < -0.3 is 14.7 Å². The van der Waals surface area contributed by atoms with E-state index in [1.165, 1.54) is 19.2 Å². The van der Waals surface area contributed by atoms with Crippen molar-refractivity contribution in [1.29, 1.82) is 0 Å². The van der Waals surface area contributed by atoms with E-state index >= 15 is 0 Å². The Hall–Kier alpha value is -2.86. The fourth-order valence-electron chi connectivity index (χ4n) is 4.64. The molecule has 162 valence electrons. The van der Waals surface area contributed by atoms with Gasteiger partial charge in [0.15, 0.2) is 0 Å². The molecule has 1 aliphatic heterocycles. The summed E-state index contributed by atoms with van der Waals surface area (Å²) in [6.07, 6.45) is 3.49. The molecule has 0 spiro atoms. The van der Waals surface area contributed by atoms with E-state index in [0.717, 1.165) is 31.2 Å². The van der Waals surface area contributed by atoms with Crippen LogP contribution in [-0.2, 0) is 9.59 Å². The first-order chi connectivity index (χ1) is 14.8. The molecule has 0 radical (unpaired) electrons. The van der Waals surface area contributed by atoms with Crippen LogP contribution < -0.4 is 4.74 Å². The number of likely N-dealkylation sites (tertiary alicyclic amines) is 1. The van der Waals surface area contributed by atoms with Crippen molar-refractivity contribution in [2.45, 2.75) is 44.7 Å². The average Bonchev–Trinajstić information content (AvgIpc) is 3.35. The molecule has 5 nitrogen and oxygen atoms in total. The highest BCUT2D eigenvalue weighted by atomic mass is 35.5. The molecule has 2 aliphatic rings. The molecule has 1 amide bonds. The summed E-state index contributed by atoms with van der Waals surface area (Å²) in [6, 6.07) is 8.08. The van der Waals surface area contributed by atoms with Crippen molar-refractivity contribution >= 4 is 29.1 Å². The normalized spacial score (nSPS) is 21.2. The van der Waals surface area contributed by atoms with E-state index in [4.69, 9.17) is 16.3 Å². The number of methoxy groups -OCH3 is 1. The molecule has 2 fully saturated rings. The van der Waals surface area contributed by atoms with Crippen LogP contribution in [0.4, 0.5) is 4.39 Å². The van der Waals surface area contributed by atoms with Gasteiger partial charge in [0.1, 0.15) is 17.3 Å². The van der Waals surface area contributed by atoms with Crippen LogP contribution in [0.3, 0.4) is 0 Å². The third-order valence-corrected chi connectivity index (χ3v) is 6.31. The highest BCUT2D eigenvalue weighted by molar-refractivity contribution is 6.46. The molecule has 2 aromatic carbocycles. The number of ketones is 1. The van der Waals surface area contributed by atoms with Gasteiger partial charge in [-0.2, -0.15) is 0 Å². The van der Waals surface area contributed by atoms with Crippen LogP contribution in [0.15, 0.2) is 42.0 Å². The Morgan fingerprint density at radius 3 is 2.42 bits per heavy atom. The molecule has 1 heterocycles. The molecule has 1 N–H and O–H groups in total. The maximum Gasteiger partial charge on any atom is 0.295 e. The summed E-state index contributed by atoms with van der Waals surface area (Å²) in [5, 5.41) is 11.6. The number of amides is 1. The highest BCUT2D eigenvalue weighted by Gasteiger charge is 2.49. The van der Waals surface area contributed by atoms with Gasteiger partial charge in [-0.3, -0.25) is 9.59 Å². The predicted molar refractivity (Wildman–Crippen MR) is 116 cm³/mol. The Kier molecular flexibility index (Phi) is 5.75. The molecule has 2 aromatic rings. The number of carbonyl (C=O) groups is 2. The molecule has 0 bridgehead atoms. The molecule has 0 aromatic heterocycles. The van der Waals surface area contributed by atoms with Gasteiger partial charge in [-0.05, 0) is 55.2 Å². The molecular formula is C24H23ClFNO4. The highest BCUT2D eigenvalue weighted by Crippen LogP contribution is 2.45. The lowest BCUT2D eigenvalue weighted by Crippen LogP contribution is -2.37. The van der Waals surface area contributed by atoms with Gasteiger partial charge in [-0.1, -0.05) is 36.6 Å². The molecular weight excluding hydrogens is 421 g/mol. The maximum absolute atomic E-state index is 13.6. The third kappa shape index (κ3) is 3.69. The number of nitrogens with zero attached hydrogens (tertiary/aromatic N) is 1. The summed E-state index contributed by atoms with van der Waals surface area (Å²) in [4.78, 5) is 27.8. The zero-order chi connectivity index (χ0) is 22.3. The first-order valence-electron chi connectivity index (χ1n) is 10.2. The van der Waals surface area contributed by atoms with Crippen LogP contribution >= 0.6 is 11.6 Å². The average molecular weight is 444 g/mol. The summed E-state index contributed by atoms with van der Waals surface area (Å²) in [5.41, 5.74) is 1.52. The van der Waals surface area contributed by atoms with Crippen molar-refractivity contribution in [2.24, 2.45) is 0 Å². The van der Waals surface area contributed by atoms with Crippen molar-refractivity contribution in [2.75, 3.05) is 7.11 Å². The van der Waals surface area contributed by atoms with E-state index in [-0.39, 0.29) is 33.7 Å². The minimum Gasteiger partial charge on any atom is -0.507 e. The molecule has 7 heteroatoms. The monoisotopic (exact) mass is 443 g/mol. The van der Waals surface area contributed by atoms with Crippen LogP contribution in [0.2, 0.25) is 5.02 Å². The first-order valence-corrected chi connectivity index (χ1v) is 10.6. The van der Waals surface area contributed by atoms with Crippen molar-refractivity contribution in [3.63, 3.8) is 0 Å². The van der Waals surface area contributed by atoms with Crippen LogP contribution in [0, 0.1) is 12.7 Å². The zero-order valence-corrected chi connectivity index (χ0v) is 18.1. The molecule has 1 atom stereocenters. The van der Waals surface area contributed by atoms with Gasteiger partial charge in [0.25, 0.3) is 11.7 Å². The van der Waals surface area contributed by atoms with E-state index in [1.807, 2.05) is 0 Å². The smallest absolute Gasteiger partial charge is 0.295 e. The van der Waals surface area contributed by atoms with Crippen LogP contribution in [0.5, 0.6) is 5.75 Å². The lowest BCUT2D eigenvalue weighted by atomic mass is 9.94.